The summed E-state index contributed by atoms with van der Waals surface area (Å²) in [6, 6.07) is 0. The van der Waals surface area contributed by atoms with Crippen LogP contribution in [0.1, 0.15) is 20.3 Å². The number of halogens is 1. The van der Waals surface area contributed by atoms with Crippen LogP contribution in [0, 0.1) is 5.92 Å². The van der Waals surface area contributed by atoms with Gasteiger partial charge in [-0.05, 0) is 5.92 Å². The Bertz CT molecular complexity index is 168. The predicted molar refractivity (Wildman–Crippen MR) is 38.6 cm³/mol. The summed E-state index contributed by atoms with van der Waals surface area (Å²) in [5.41, 5.74) is 4.58. The Kier molecular flexibility index (Phi) is 3.71. The van der Waals surface area contributed by atoms with Crippen LogP contribution in [-0.4, -0.2) is 17.9 Å². The van der Waals surface area contributed by atoms with Crippen LogP contribution in [0.25, 0.3) is 0 Å². The van der Waals surface area contributed by atoms with E-state index in [4.69, 9.17) is 0 Å². The maximum atomic E-state index is 12.5. The van der Waals surface area contributed by atoms with Crippen LogP contribution in [0.2, 0.25) is 0 Å². The van der Waals surface area contributed by atoms with E-state index in [-0.39, 0.29) is 12.3 Å². The molecule has 64 valence electrons. The molecule has 0 saturated carbocycles. The first-order valence-electron chi connectivity index (χ1n) is 3.41. The van der Waals surface area contributed by atoms with Gasteiger partial charge in [-0.25, -0.2) is 4.39 Å². The van der Waals surface area contributed by atoms with E-state index in [1.165, 1.54) is 0 Å². The number of hydrogen-bond acceptors (Lipinski definition) is 2. The van der Waals surface area contributed by atoms with E-state index in [0.29, 0.717) is 0 Å². The molecule has 0 saturated heterocycles. The first kappa shape index (κ1) is 10.1. The van der Waals surface area contributed by atoms with E-state index in [2.05, 4.69) is 5.73 Å². The van der Waals surface area contributed by atoms with Gasteiger partial charge in [0.25, 0.3) is 5.91 Å². The number of alkyl halides is 1. The lowest BCUT2D eigenvalue weighted by Crippen LogP contribution is -2.32. The Balaban J connectivity index is 3.93. The summed E-state index contributed by atoms with van der Waals surface area (Å²) in [6.45, 7) is 3.54. The minimum absolute atomic E-state index is 0.0556. The molecule has 0 aromatic carbocycles. The summed E-state index contributed by atoms with van der Waals surface area (Å²) in [5, 5.41) is 0. The van der Waals surface area contributed by atoms with Gasteiger partial charge < -0.3 is 5.73 Å². The van der Waals surface area contributed by atoms with Crippen molar-refractivity contribution in [1.29, 1.82) is 0 Å². The number of Topliss-reactive ketones (excluding diaryl/α,β-unsaturated/α-hetero) is 1. The standard InChI is InChI=1S/C7H12FNO2/c1-4(2)3-5(10)6(8)7(9)11/h4,6H,3H2,1-2H3,(H2,9,11). The van der Waals surface area contributed by atoms with E-state index in [1.54, 1.807) is 13.8 Å². The normalized spacial score (nSPS) is 13.1. The highest BCUT2D eigenvalue weighted by Crippen LogP contribution is 2.04. The molecule has 0 aliphatic heterocycles. The van der Waals surface area contributed by atoms with Crippen molar-refractivity contribution >= 4 is 11.7 Å². The lowest BCUT2D eigenvalue weighted by Gasteiger charge is -2.04. The number of carbonyl (C=O) groups is 2. The van der Waals surface area contributed by atoms with Gasteiger partial charge in [0.2, 0.25) is 6.17 Å². The molecule has 1 amide bonds. The lowest BCUT2D eigenvalue weighted by atomic mass is 10.0. The Morgan fingerprint density at radius 3 is 2.18 bits per heavy atom. The fourth-order valence-electron chi connectivity index (χ4n) is 0.665. The molecule has 0 aromatic heterocycles. The number of amides is 1. The van der Waals surface area contributed by atoms with Crippen LogP contribution >= 0.6 is 0 Å². The molecule has 0 fully saturated rings. The van der Waals surface area contributed by atoms with Crippen molar-refractivity contribution in [1.82, 2.24) is 0 Å². The van der Waals surface area contributed by atoms with E-state index < -0.39 is 17.9 Å². The molecule has 0 heterocycles. The van der Waals surface area contributed by atoms with Gasteiger partial charge in [0.05, 0.1) is 0 Å². The van der Waals surface area contributed by atoms with Gasteiger partial charge in [0, 0.05) is 6.42 Å². The molecule has 1 unspecified atom stereocenters. The summed E-state index contributed by atoms with van der Waals surface area (Å²) in [6.07, 6.45) is -2.07. The van der Waals surface area contributed by atoms with Crippen LogP contribution < -0.4 is 5.73 Å². The van der Waals surface area contributed by atoms with Crippen molar-refractivity contribution in [2.24, 2.45) is 11.7 Å². The first-order chi connectivity index (χ1) is 4.95. The average molecular weight is 161 g/mol. The predicted octanol–water partition coefficient (Wildman–Crippen LogP) is 0.425. The highest BCUT2D eigenvalue weighted by molar-refractivity contribution is 6.03. The molecular formula is C7H12FNO2. The summed E-state index contributed by atoms with van der Waals surface area (Å²) < 4.78 is 12.5. The Labute approximate surface area is 64.8 Å². The average Bonchev–Trinajstić information content (AvgIpc) is 1.84. The summed E-state index contributed by atoms with van der Waals surface area (Å²) >= 11 is 0. The van der Waals surface area contributed by atoms with E-state index in [9.17, 15) is 14.0 Å². The van der Waals surface area contributed by atoms with Gasteiger partial charge in [-0.3, -0.25) is 9.59 Å². The van der Waals surface area contributed by atoms with Crippen LogP contribution in [0.4, 0.5) is 4.39 Å². The third kappa shape index (κ3) is 3.70. The fraction of sp³-hybridized carbons (Fsp3) is 0.714. The van der Waals surface area contributed by atoms with Crippen molar-refractivity contribution in [3.8, 4) is 0 Å². The maximum absolute atomic E-state index is 12.5. The minimum Gasteiger partial charge on any atom is -0.367 e. The van der Waals surface area contributed by atoms with Gasteiger partial charge in [0.15, 0.2) is 5.78 Å². The third-order valence-electron chi connectivity index (χ3n) is 1.14. The second kappa shape index (κ2) is 4.05. The van der Waals surface area contributed by atoms with Crippen LogP contribution in [0.15, 0.2) is 0 Å². The van der Waals surface area contributed by atoms with Crippen molar-refractivity contribution < 1.29 is 14.0 Å². The summed E-state index contributed by atoms with van der Waals surface area (Å²) in [4.78, 5) is 20.9. The largest absolute Gasteiger partial charge is 0.367 e. The molecule has 0 rings (SSSR count). The SMILES string of the molecule is CC(C)CC(=O)C(F)C(N)=O. The molecule has 2 N–H and O–H groups in total. The topological polar surface area (TPSA) is 60.2 Å². The number of ketones is 1. The second-order valence-corrected chi connectivity index (χ2v) is 2.83. The van der Waals surface area contributed by atoms with Gasteiger partial charge in [-0.15, -0.1) is 0 Å². The van der Waals surface area contributed by atoms with Gasteiger partial charge >= 0.3 is 0 Å². The van der Waals surface area contributed by atoms with Crippen LogP contribution in [0.3, 0.4) is 0 Å². The second-order valence-electron chi connectivity index (χ2n) is 2.83. The van der Waals surface area contributed by atoms with Crippen LogP contribution in [-0.2, 0) is 9.59 Å². The zero-order valence-electron chi connectivity index (χ0n) is 6.63. The van der Waals surface area contributed by atoms with E-state index >= 15 is 0 Å². The van der Waals surface area contributed by atoms with Crippen molar-refractivity contribution in [3.63, 3.8) is 0 Å². The number of carbonyl (C=O) groups excluding carboxylic acids is 2. The highest BCUT2D eigenvalue weighted by atomic mass is 19.1. The van der Waals surface area contributed by atoms with Gasteiger partial charge in [0.1, 0.15) is 0 Å². The molecule has 0 aliphatic rings. The molecule has 11 heavy (non-hydrogen) atoms. The summed E-state index contributed by atoms with van der Waals surface area (Å²) in [7, 11) is 0. The van der Waals surface area contributed by atoms with Crippen molar-refractivity contribution in [3.05, 3.63) is 0 Å². The van der Waals surface area contributed by atoms with Crippen molar-refractivity contribution in [2.75, 3.05) is 0 Å². The monoisotopic (exact) mass is 161 g/mol. The number of primary amides is 1. The van der Waals surface area contributed by atoms with E-state index in [1.807, 2.05) is 0 Å². The van der Waals surface area contributed by atoms with Crippen molar-refractivity contribution in [2.45, 2.75) is 26.4 Å². The lowest BCUT2D eigenvalue weighted by molar-refractivity contribution is -0.133. The molecule has 3 nitrogen and oxygen atoms in total. The molecule has 0 aromatic rings. The Morgan fingerprint density at radius 2 is 1.91 bits per heavy atom. The molecule has 0 aliphatic carbocycles. The van der Waals surface area contributed by atoms with Crippen LogP contribution in [0.5, 0.6) is 0 Å². The zero-order chi connectivity index (χ0) is 9.02. The molecule has 1 atom stereocenters. The minimum atomic E-state index is -2.13. The molecule has 4 heteroatoms. The molecule has 0 bridgehead atoms. The molecule has 0 spiro atoms. The van der Waals surface area contributed by atoms with E-state index in [0.717, 1.165) is 0 Å². The smallest absolute Gasteiger partial charge is 0.259 e. The Hall–Kier alpha value is -0.930. The quantitative estimate of drug-likeness (QED) is 0.607. The molecule has 0 radical (unpaired) electrons. The van der Waals surface area contributed by atoms with Gasteiger partial charge in [-0.2, -0.15) is 0 Å². The number of nitrogens with two attached hydrogens (primary N) is 1. The summed E-state index contributed by atoms with van der Waals surface area (Å²) in [5.74, 6) is -1.87. The first-order valence-corrected chi connectivity index (χ1v) is 3.41. The fourth-order valence-corrected chi connectivity index (χ4v) is 0.665. The Morgan fingerprint density at radius 1 is 1.45 bits per heavy atom. The van der Waals surface area contributed by atoms with Gasteiger partial charge in [-0.1, -0.05) is 13.8 Å². The zero-order valence-corrected chi connectivity index (χ0v) is 6.63. The third-order valence-corrected chi connectivity index (χ3v) is 1.14. The number of rotatable bonds is 4. The maximum Gasteiger partial charge on any atom is 0.259 e. The highest BCUT2D eigenvalue weighted by Gasteiger charge is 2.23. The molecular weight excluding hydrogens is 149 g/mol. The number of hydrogen-bond donors (Lipinski definition) is 1.